The van der Waals surface area contributed by atoms with Crippen molar-refractivity contribution in [2.24, 2.45) is 0 Å². The quantitative estimate of drug-likeness (QED) is 0.942. The van der Waals surface area contributed by atoms with E-state index in [9.17, 15) is 9.59 Å². The van der Waals surface area contributed by atoms with Crippen LogP contribution in [0.2, 0.25) is 0 Å². The summed E-state index contributed by atoms with van der Waals surface area (Å²) in [7, 11) is 0. The van der Waals surface area contributed by atoms with E-state index in [1.54, 1.807) is 4.90 Å². The van der Waals surface area contributed by atoms with Crippen molar-refractivity contribution in [1.82, 2.24) is 0 Å². The Bertz CT molecular complexity index is 696. The van der Waals surface area contributed by atoms with E-state index in [0.717, 1.165) is 23.2 Å². The number of benzene rings is 2. The van der Waals surface area contributed by atoms with Crippen LogP contribution in [0.3, 0.4) is 0 Å². The first kappa shape index (κ1) is 14.3. The molecule has 1 heterocycles. The second-order valence-corrected chi connectivity index (χ2v) is 5.42. The first-order valence-electron chi connectivity index (χ1n) is 7.33. The number of carboxylic acids is 1. The number of aliphatic carboxylic acids is 1. The van der Waals surface area contributed by atoms with Gasteiger partial charge in [-0.3, -0.25) is 9.59 Å². The zero-order valence-corrected chi connectivity index (χ0v) is 12.1. The Balaban J connectivity index is 1.93. The molecule has 1 atom stereocenters. The second-order valence-electron chi connectivity index (χ2n) is 5.42. The lowest BCUT2D eigenvalue weighted by Crippen LogP contribution is -2.32. The van der Waals surface area contributed by atoms with E-state index in [4.69, 9.17) is 5.11 Å². The van der Waals surface area contributed by atoms with Crippen LogP contribution in [0.4, 0.5) is 5.69 Å². The minimum atomic E-state index is -0.947. The summed E-state index contributed by atoms with van der Waals surface area (Å²) >= 11 is 0. The predicted molar refractivity (Wildman–Crippen MR) is 83.7 cm³/mol. The molecule has 1 amide bonds. The Labute approximate surface area is 129 Å². The molecule has 1 unspecified atom stereocenters. The maximum absolute atomic E-state index is 12.6. The number of fused-ring (bicyclic) bond motifs is 1. The molecule has 3 rings (SSSR count). The van der Waals surface area contributed by atoms with Crippen LogP contribution >= 0.6 is 0 Å². The third-order valence-corrected chi connectivity index (χ3v) is 3.98. The third-order valence-electron chi connectivity index (χ3n) is 3.98. The van der Waals surface area contributed by atoms with Gasteiger partial charge in [0.1, 0.15) is 0 Å². The van der Waals surface area contributed by atoms with Crippen LogP contribution in [0.25, 0.3) is 0 Å². The van der Waals surface area contributed by atoms with E-state index in [1.807, 2.05) is 54.6 Å². The third kappa shape index (κ3) is 2.72. The Morgan fingerprint density at radius 3 is 2.41 bits per heavy atom. The monoisotopic (exact) mass is 295 g/mol. The van der Waals surface area contributed by atoms with E-state index < -0.39 is 5.97 Å². The van der Waals surface area contributed by atoms with Gasteiger partial charge in [-0.1, -0.05) is 48.5 Å². The molecule has 0 aromatic heterocycles. The van der Waals surface area contributed by atoms with Crippen LogP contribution in [0.5, 0.6) is 0 Å². The summed E-state index contributed by atoms with van der Waals surface area (Å²) in [4.78, 5) is 25.1. The van der Waals surface area contributed by atoms with Crippen LogP contribution in [0.1, 0.15) is 30.0 Å². The van der Waals surface area contributed by atoms with Gasteiger partial charge in [0.05, 0.1) is 12.5 Å². The van der Waals surface area contributed by atoms with Gasteiger partial charge in [0.25, 0.3) is 0 Å². The Morgan fingerprint density at radius 1 is 1.00 bits per heavy atom. The average molecular weight is 295 g/mol. The lowest BCUT2D eigenvalue weighted by atomic mass is 10.0. The highest BCUT2D eigenvalue weighted by atomic mass is 16.4. The molecule has 0 bridgehead atoms. The van der Waals surface area contributed by atoms with E-state index in [0.29, 0.717) is 0 Å². The second kappa shape index (κ2) is 6.02. The van der Waals surface area contributed by atoms with E-state index in [-0.39, 0.29) is 24.8 Å². The molecule has 2 aromatic rings. The SMILES string of the molecule is O=C(O)CCC(=O)N1c2ccccc2CC1c1ccccc1. The van der Waals surface area contributed by atoms with Crippen molar-refractivity contribution in [1.29, 1.82) is 0 Å². The van der Waals surface area contributed by atoms with Gasteiger partial charge in [0, 0.05) is 12.1 Å². The highest BCUT2D eigenvalue weighted by Crippen LogP contribution is 2.40. The zero-order chi connectivity index (χ0) is 15.5. The lowest BCUT2D eigenvalue weighted by Gasteiger charge is -2.26. The Kier molecular flexibility index (Phi) is 3.92. The molecular weight excluding hydrogens is 278 g/mol. The summed E-state index contributed by atoms with van der Waals surface area (Å²) in [5, 5.41) is 8.81. The maximum atomic E-state index is 12.6. The van der Waals surface area contributed by atoms with Crippen LogP contribution in [0.15, 0.2) is 54.6 Å². The molecule has 4 nitrogen and oxygen atoms in total. The van der Waals surface area contributed by atoms with Crippen molar-refractivity contribution in [3.05, 3.63) is 65.7 Å². The normalized spacial score (nSPS) is 16.4. The van der Waals surface area contributed by atoms with Gasteiger partial charge >= 0.3 is 5.97 Å². The van der Waals surface area contributed by atoms with Gasteiger partial charge in [-0.15, -0.1) is 0 Å². The van der Waals surface area contributed by atoms with Gasteiger partial charge in [0.2, 0.25) is 5.91 Å². The van der Waals surface area contributed by atoms with Crippen molar-refractivity contribution in [2.75, 3.05) is 4.90 Å². The minimum absolute atomic E-state index is 0.0208. The van der Waals surface area contributed by atoms with Gasteiger partial charge < -0.3 is 10.0 Å². The fourth-order valence-electron chi connectivity index (χ4n) is 2.97. The number of amides is 1. The molecule has 1 aliphatic heterocycles. The molecule has 0 aliphatic carbocycles. The number of nitrogens with zero attached hydrogens (tertiary/aromatic N) is 1. The summed E-state index contributed by atoms with van der Waals surface area (Å²) in [5.74, 6) is -1.08. The number of carbonyl (C=O) groups excluding carboxylic acids is 1. The topological polar surface area (TPSA) is 57.6 Å². The number of anilines is 1. The molecule has 1 N–H and O–H groups in total. The predicted octanol–water partition coefficient (Wildman–Crippen LogP) is 3.18. The minimum Gasteiger partial charge on any atom is -0.481 e. The van der Waals surface area contributed by atoms with E-state index in [1.165, 1.54) is 0 Å². The summed E-state index contributed by atoms with van der Waals surface area (Å²) in [6, 6.07) is 17.6. The molecule has 0 saturated carbocycles. The first-order valence-corrected chi connectivity index (χ1v) is 7.33. The number of hydrogen-bond donors (Lipinski definition) is 1. The number of hydrogen-bond acceptors (Lipinski definition) is 2. The Hall–Kier alpha value is -2.62. The van der Waals surface area contributed by atoms with Crippen LogP contribution in [-0.4, -0.2) is 17.0 Å². The van der Waals surface area contributed by atoms with Gasteiger partial charge in [-0.25, -0.2) is 0 Å². The molecular formula is C18H17NO3. The van der Waals surface area contributed by atoms with Crippen molar-refractivity contribution in [2.45, 2.75) is 25.3 Å². The highest BCUT2D eigenvalue weighted by molar-refractivity contribution is 5.97. The van der Waals surface area contributed by atoms with Crippen molar-refractivity contribution >= 4 is 17.6 Å². The molecule has 22 heavy (non-hydrogen) atoms. The smallest absolute Gasteiger partial charge is 0.303 e. The van der Waals surface area contributed by atoms with Crippen LogP contribution in [-0.2, 0) is 16.0 Å². The van der Waals surface area contributed by atoms with Crippen molar-refractivity contribution in [3.8, 4) is 0 Å². The van der Waals surface area contributed by atoms with Gasteiger partial charge in [0.15, 0.2) is 0 Å². The summed E-state index contributed by atoms with van der Waals surface area (Å²) in [6.07, 6.45) is 0.644. The van der Waals surface area contributed by atoms with Crippen molar-refractivity contribution in [3.63, 3.8) is 0 Å². The maximum Gasteiger partial charge on any atom is 0.303 e. The molecule has 4 heteroatoms. The van der Waals surface area contributed by atoms with E-state index in [2.05, 4.69) is 0 Å². The van der Waals surface area contributed by atoms with Crippen LogP contribution < -0.4 is 4.90 Å². The first-order chi connectivity index (χ1) is 10.7. The summed E-state index contributed by atoms with van der Waals surface area (Å²) in [5.41, 5.74) is 3.09. The largest absolute Gasteiger partial charge is 0.481 e. The molecule has 0 saturated heterocycles. The number of carboxylic acid groups (broad SMARTS) is 1. The lowest BCUT2D eigenvalue weighted by molar-refractivity contribution is -0.138. The molecule has 0 radical (unpaired) electrons. The number of rotatable bonds is 4. The molecule has 112 valence electrons. The van der Waals surface area contributed by atoms with Crippen LogP contribution in [0, 0.1) is 0 Å². The van der Waals surface area contributed by atoms with Crippen molar-refractivity contribution < 1.29 is 14.7 Å². The molecule has 2 aromatic carbocycles. The Morgan fingerprint density at radius 2 is 1.68 bits per heavy atom. The zero-order valence-electron chi connectivity index (χ0n) is 12.1. The summed E-state index contributed by atoms with van der Waals surface area (Å²) in [6.45, 7) is 0. The van der Waals surface area contributed by atoms with Gasteiger partial charge in [-0.05, 0) is 23.6 Å². The number of carbonyl (C=O) groups is 2. The molecule has 0 fully saturated rings. The number of para-hydroxylation sites is 1. The summed E-state index contributed by atoms with van der Waals surface area (Å²) < 4.78 is 0. The fourth-order valence-corrected chi connectivity index (χ4v) is 2.97. The molecule has 1 aliphatic rings. The van der Waals surface area contributed by atoms with Gasteiger partial charge in [-0.2, -0.15) is 0 Å². The standard InChI is InChI=1S/C18H17NO3/c20-17(10-11-18(21)22)19-15-9-5-4-8-14(15)12-16(19)13-6-2-1-3-7-13/h1-9,16H,10-12H2,(H,21,22). The van der Waals surface area contributed by atoms with E-state index >= 15 is 0 Å². The molecule has 0 spiro atoms. The highest BCUT2D eigenvalue weighted by Gasteiger charge is 2.34. The average Bonchev–Trinajstić information content (AvgIpc) is 2.93. The fraction of sp³-hybridized carbons (Fsp3) is 0.222.